The van der Waals surface area contributed by atoms with E-state index in [1.165, 1.54) is 43.4 Å². The Morgan fingerprint density at radius 1 is 1.41 bits per heavy atom. The van der Waals surface area contributed by atoms with E-state index in [9.17, 15) is 4.79 Å². The highest BCUT2D eigenvalue weighted by atomic mass is 32.1. The summed E-state index contributed by atoms with van der Waals surface area (Å²) in [5.74, 6) is 0.318. The molecular weight excluding hydrogens is 236 g/mol. The number of carbonyl (C=O) groups excluding carboxylic acids is 1. The molecule has 3 N–H and O–H groups in total. The van der Waals surface area contributed by atoms with Crippen molar-refractivity contribution in [2.45, 2.75) is 51.0 Å². The Labute approximate surface area is 105 Å². The maximum atomic E-state index is 11.4. The van der Waals surface area contributed by atoms with E-state index >= 15 is 0 Å². The average Bonchev–Trinajstić information content (AvgIpc) is 2.78. The molecule has 1 heterocycles. The molecule has 0 spiro atoms. The van der Waals surface area contributed by atoms with E-state index in [1.807, 2.05) is 0 Å². The SMILES string of the molecule is CC(N)C(=O)Nc1nnc(C2CCCCC2)s1. The zero-order chi connectivity index (χ0) is 12.3. The molecule has 1 unspecified atom stereocenters. The fourth-order valence-electron chi connectivity index (χ4n) is 2.02. The predicted octanol–water partition coefficient (Wildman–Crippen LogP) is 1.87. The van der Waals surface area contributed by atoms with Gasteiger partial charge in [-0.1, -0.05) is 30.6 Å². The minimum Gasteiger partial charge on any atom is -0.320 e. The summed E-state index contributed by atoms with van der Waals surface area (Å²) >= 11 is 1.48. The van der Waals surface area contributed by atoms with E-state index in [0.29, 0.717) is 11.0 Å². The Balaban J connectivity index is 1.97. The van der Waals surface area contributed by atoms with Crippen LogP contribution in [-0.2, 0) is 4.79 Å². The van der Waals surface area contributed by atoms with E-state index in [1.54, 1.807) is 6.92 Å². The fraction of sp³-hybridized carbons (Fsp3) is 0.727. The van der Waals surface area contributed by atoms with E-state index in [2.05, 4.69) is 15.5 Å². The topological polar surface area (TPSA) is 80.9 Å². The molecule has 2 rings (SSSR count). The molecule has 5 nitrogen and oxygen atoms in total. The number of nitrogens with zero attached hydrogens (tertiary/aromatic N) is 2. The summed E-state index contributed by atoms with van der Waals surface area (Å²) in [4.78, 5) is 11.4. The second kappa shape index (κ2) is 5.55. The zero-order valence-corrected chi connectivity index (χ0v) is 10.8. The van der Waals surface area contributed by atoms with Gasteiger partial charge in [0.2, 0.25) is 11.0 Å². The first-order valence-electron chi connectivity index (χ1n) is 6.06. The molecule has 1 fully saturated rings. The summed E-state index contributed by atoms with van der Waals surface area (Å²) < 4.78 is 0. The number of nitrogens with one attached hydrogen (secondary N) is 1. The van der Waals surface area contributed by atoms with Crippen LogP contribution < -0.4 is 11.1 Å². The first kappa shape index (κ1) is 12.4. The van der Waals surface area contributed by atoms with Crippen LogP contribution in [0.4, 0.5) is 5.13 Å². The van der Waals surface area contributed by atoms with Crippen LogP contribution in [0.3, 0.4) is 0 Å². The lowest BCUT2D eigenvalue weighted by atomic mass is 9.90. The number of aromatic nitrogens is 2. The lowest BCUT2D eigenvalue weighted by Gasteiger charge is -2.18. The molecule has 1 aromatic heterocycles. The molecule has 1 aliphatic rings. The molecular formula is C11H18N4OS. The van der Waals surface area contributed by atoms with Gasteiger partial charge >= 0.3 is 0 Å². The lowest BCUT2D eigenvalue weighted by molar-refractivity contribution is -0.117. The largest absolute Gasteiger partial charge is 0.320 e. The van der Waals surface area contributed by atoms with Gasteiger partial charge in [0.1, 0.15) is 5.01 Å². The van der Waals surface area contributed by atoms with Crippen LogP contribution in [-0.4, -0.2) is 22.1 Å². The van der Waals surface area contributed by atoms with Crippen molar-refractivity contribution in [3.8, 4) is 0 Å². The summed E-state index contributed by atoms with van der Waals surface area (Å²) in [6.07, 6.45) is 6.24. The van der Waals surface area contributed by atoms with Crippen molar-refractivity contribution in [2.75, 3.05) is 5.32 Å². The average molecular weight is 254 g/mol. The van der Waals surface area contributed by atoms with Gasteiger partial charge in [0.05, 0.1) is 6.04 Å². The van der Waals surface area contributed by atoms with Gasteiger partial charge in [-0.15, -0.1) is 10.2 Å². The molecule has 94 valence electrons. The third kappa shape index (κ3) is 3.23. The summed E-state index contributed by atoms with van der Waals surface area (Å²) in [6, 6.07) is -0.517. The molecule has 1 aromatic rings. The van der Waals surface area contributed by atoms with Crippen molar-refractivity contribution >= 4 is 22.4 Å². The minimum atomic E-state index is -0.517. The Bertz CT molecular complexity index is 385. The molecule has 6 heteroatoms. The quantitative estimate of drug-likeness (QED) is 0.863. The first-order chi connectivity index (χ1) is 8.16. The number of hydrogen-bond acceptors (Lipinski definition) is 5. The van der Waals surface area contributed by atoms with Gasteiger partial charge in [0, 0.05) is 5.92 Å². The fourth-order valence-corrected chi connectivity index (χ4v) is 2.93. The molecule has 1 aliphatic carbocycles. The number of nitrogens with two attached hydrogens (primary N) is 1. The monoisotopic (exact) mass is 254 g/mol. The standard InChI is InChI=1S/C11H18N4OS/c1-7(12)9(16)13-11-15-14-10(17-11)8-5-3-2-4-6-8/h7-8H,2-6,12H2,1H3,(H,13,15,16). The van der Waals surface area contributed by atoms with Crippen molar-refractivity contribution in [2.24, 2.45) is 5.73 Å². The predicted molar refractivity (Wildman–Crippen MR) is 68.0 cm³/mol. The smallest absolute Gasteiger partial charge is 0.242 e. The highest BCUT2D eigenvalue weighted by molar-refractivity contribution is 7.15. The molecule has 0 radical (unpaired) electrons. The van der Waals surface area contributed by atoms with Gasteiger partial charge in [0.25, 0.3) is 0 Å². The third-order valence-corrected chi connectivity index (χ3v) is 4.04. The van der Waals surface area contributed by atoms with Crippen LogP contribution in [0.5, 0.6) is 0 Å². The van der Waals surface area contributed by atoms with Crippen molar-refractivity contribution in [1.82, 2.24) is 10.2 Å². The van der Waals surface area contributed by atoms with Crippen molar-refractivity contribution in [1.29, 1.82) is 0 Å². The first-order valence-corrected chi connectivity index (χ1v) is 6.88. The van der Waals surface area contributed by atoms with Gasteiger partial charge in [-0.3, -0.25) is 10.1 Å². The van der Waals surface area contributed by atoms with Crippen molar-refractivity contribution < 1.29 is 4.79 Å². The van der Waals surface area contributed by atoms with E-state index < -0.39 is 6.04 Å². The van der Waals surface area contributed by atoms with E-state index in [-0.39, 0.29) is 5.91 Å². The van der Waals surface area contributed by atoms with Crippen LogP contribution in [0.1, 0.15) is 50.0 Å². The zero-order valence-electron chi connectivity index (χ0n) is 9.98. The molecule has 1 amide bonds. The van der Waals surface area contributed by atoms with Gasteiger partial charge < -0.3 is 5.73 Å². The van der Waals surface area contributed by atoms with Gasteiger partial charge in [0.15, 0.2) is 0 Å². The molecule has 0 aliphatic heterocycles. The van der Waals surface area contributed by atoms with E-state index in [4.69, 9.17) is 5.73 Å². The summed E-state index contributed by atoms with van der Waals surface area (Å²) in [6.45, 7) is 1.65. The number of anilines is 1. The Morgan fingerprint density at radius 3 is 2.76 bits per heavy atom. The Kier molecular flexibility index (Phi) is 4.06. The van der Waals surface area contributed by atoms with Gasteiger partial charge in [-0.2, -0.15) is 0 Å². The molecule has 0 bridgehead atoms. The van der Waals surface area contributed by atoms with Crippen LogP contribution in [0, 0.1) is 0 Å². The van der Waals surface area contributed by atoms with Crippen molar-refractivity contribution in [3.05, 3.63) is 5.01 Å². The number of carbonyl (C=O) groups is 1. The number of hydrogen-bond donors (Lipinski definition) is 2. The third-order valence-electron chi connectivity index (χ3n) is 3.04. The Morgan fingerprint density at radius 2 is 2.12 bits per heavy atom. The molecule has 1 atom stereocenters. The molecule has 17 heavy (non-hydrogen) atoms. The van der Waals surface area contributed by atoms with Crippen LogP contribution in [0.2, 0.25) is 0 Å². The maximum Gasteiger partial charge on any atom is 0.242 e. The van der Waals surface area contributed by atoms with Crippen LogP contribution >= 0.6 is 11.3 Å². The Hall–Kier alpha value is -1.01. The number of rotatable bonds is 3. The highest BCUT2D eigenvalue weighted by Crippen LogP contribution is 2.35. The van der Waals surface area contributed by atoms with Crippen LogP contribution in [0.15, 0.2) is 0 Å². The summed E-state index contributed by atoms with van der Waals surface area (Å²) in [5.41, 5.74) is 5.48. The van der Waals surface area contributed by atoms with Crippen LogP contribution in [0.25, 0.3) is 0 Å². The number of amides is 1. The summed E-state index contributed by atoms with van der Waals surface area (Å²) in [5, 5.41) is 12.5. The second-order valence-electron chi connectivity index (χ2n) is 4.56. The van der Waals surface area contributed by atoms with Gasteiger partial charge in [-0.05, 0) is 19.8 Å². The highest BCUT2D eigenvalue weighted by Gasteiger charge is 2.20. The minimum absolute atomic E-state index is 0.212. The van der Waals surface area contributed by atoms with E-state index in [0.717, 1.165) is 5.01 Å². The van der Waals surface area contributed by atoms with Crippen molar-refractivity contribution in [3.63, 3.8) is 0 Å². The molecule has 1 saturated carbocycles. The lowest BCUT2D eigenvalue weighted by Crippen LogP contribution is -2.32. The normalized spacial score (nSPS) is 18.9. The summed E-state index contributed by atoms with van der Waals surface area (Å²) in [7, 11) is 0. The second-order valence-corrected chi connectivity index (χ2v) is 5.57. The maximum absolute atomic E-state index is 11.4. The van der Waals surface area contributed by atoms with Gasteiger partial charge in [-0.25, -0.2) is 0 Å². The molecule has 0 saturated heterocycles. The molecule has 0 aromatic carbocycles.